The standard InChI is InChI=1S/C29H41ClO5/c1-15(26(34)27(35)16-4-6-17(30)7-5-16)19-8-9-20-18-12-23(31)22-13-24(32)25(33)14-29(22,3)21(18)10-11-28(19,20)2/h4-7,15,18-22,24-27,32-35H,8-14H2,1-3H3/t15-,18-,19+,20-,21-,22+,24-,25+,26?,27?,28+,29+/m0/s1. The van der Waals surface area contributed by atoms with Gasteiger partial charge in [-0.05, 0) is 96.6 Å². The first-order valence-corrected chi connectivity index (χ1v) is 13.9. The summed E-state index contributed by atoms with van der Waals surface area (Å²) < 4.78 is 0. The number of hydrogen-bond acceptors (Lipinski definition) is 5. The van der Waals surface area contributed by atoms with Crippen molar-refractivity contribution in [1.29, 1.82) is 0 Å². The molecule has 4 aliphatic rings. The lowest BCUT2D eigenvalue weighted by atomic mass is 9.44. The molecule has 0 saturated heterocycles. The summed E-state index contributed by atoms with van der Waals surface area (Å²) in [6.45, 7) is 6.60. The molecule has 0 amide bonds. The molecule has 0 spiro atoms. The van der Waals surface area contributed by atoms with Gasteiger partial charge in [0.15, 0.2) is 0 Å². The van der Waals surface area contributed by atoms with Crippen molar-refractivity contribution in [3.8, 4) is 0 Å². The van der Waals surface area contributed by atoms with Crippen molar-refractivity contribution >= 4 is 17.4 Å². The van der Waals surface area contributed by atoms with Gasteiger partial charge in [-0.3, -0.25) is 4.79 Å². The zero-order valence-electron chi connectivity index (χ0n) is 21.1. The first-order valence-electron chi connectivity index (χ1n) is 13.5. The minimum Gasteiger partial charge on any atom is -0.390 e. The van der Waals surface area contributed by atoms with Gasteiger partial charge in [-0.15, -0.1) is 0 Å². The van der Waals surface area contributed by atoms with E-state index >= 15 is 0 Å². The van der Waals surface area contributed by atoms with Gasteiger partial charge in [0, 0.05) is 17.4 Å². The van der Waals surface area contributed by atoms with Gasteiger partial charge in [-0.1, -0.05) is 44.5 Å². The number of ketones is 1. The molecule has 4 fully saturated rings. The highest BCUT2D eigenvalue weighted by Crippen LogP contribution is 2.68. The average Bonchev–Trinajstić information content (AvgIpc) is 3.17. The number of rotatable bonds is 4. The molecule has 12 atom stereocenters. The number of Topliss-reactive ketones (excluding diaryl/α,β-unsaturated/α-hetero) is 1. The maximum atomic E-state index is 13.4. The van der Waals surface area contributed by atoms with Gasteiger partial charge in [0.1, 0.15) is 11.9 Å². The van der Waals surface area contributed by atoms with Crippen LogP contribution in [-0.2, 0) is 4.79 Å². The molecule has 0 radical (unpaired) electrons. The molecule has 194 valence electrons. The lowest BCUT2D eigenvalue weighted by Crippen LogP contribution is -2.59. The van der Waals surface area contributed by atoms with Crippen molar-refractivity contribution in [2.75, 3.05) is 0 Å². The maximum absolute atomic E-state index is 13.4. The first kappa shape index (κ1) is 25.7. The van der Waals surface area contributed by atoms with Crippen LogP contribution in [0.4, 0.5) is 0 Å². The van der Waals surface area contributed by atoms with Crippen LogP contribution in [0.3, 0.4) is 0 Å². The zero-order chi connectivity index (χ0) is 25.3. The van der Waals surface area contributed by atoms with E-state index in [4.69, 9.17) is 11.6 Å². The van der Waals surface area contributed by atoms with E-state index in [9.17, 15) is 25.2 Å². The molecule has 2 unspecified atom stereocenters. The topological polar surface area (TPSA) is 98.0 Å². The Kier molecular flexibility index (Phi) is 6.67. The number of benzene rings is 1. The molecular formula is C29H41ClO5. The van der Waals surface area contributed by atoms with Crippen LogP contribution < -0.4 is 0 Å². The number of fused-ring (bicyclic) bond motifs is 5. The quantitative estimate of drug-likeness (QED) is 0.482. The van der Waals surface area contributed by atoms with Crippen molar-refractivity contribution in [3.05, 3.63) is 34.9 Å². The lowest BCUT2D eigenvalue weighted by molar-refractivity contribution is -0.174. The second-order valence-corrected chi connectivity index (χ2v) is 13.2. The minimum absolute atomic E-state index is 0.0115. The maximum Gasteiger partial charge on any atom is 0.136 e. The Hall–Kier alpha value is -0.980. The Bertz CT molecular complexity index is 951. The summed E-state index contributed by atoms with van der Waals surface area (Å²) in [6, 6.07) is 7.02. The van der Waals surface area contributed by atoms with Crippen LogP contribution in [0.2, 0.25) is 5.02 Å². The lowest BCUT2D eigenvalue weighted by Gasteiger charge is -2.61. The predicted molar refractivity (Wildman–Crippen MR) is 135 cm³/mol. The number of aliphatic hydroxyl groups excluding tert-OH is 4. The van der Waals surface area contributed by atoms with Gasteiger partial charge in [0.05, 0.1) is 18.3 Å². The zero-order valence-corrected chi connectivity index (χ0v) is 21.9. The fourth-order valence-corrected chi connectivity index (χ4v) is 9.48. The molecule has 0 aliphatic heterocycles. The largest absolute Gasteiger partial charge is 0.390 e. The van der Waals surface area contributed by atoms with Gasteiger partial charge in [0.25, 0.3) is 0 Å². The van der Waals surface area contributed by atoms with Gasteiger partial charge in [-0.25, -0.2) is 0 Å². The van der Waals surface area contributed by atoms with Crippen LogP contribution >= 0.6 is 11.6 Å². The van der Waals surface area contributed by atoms with Crippen molar-refractivity contribution in [1.82, 2.24) is 0 Å². The van der Waals surface area contributed by atoms with Crippen LogP contribution in [-0.4, -0.2) is 44.5 Å². The Morgan fingerprint density at radius 1 is 0.971 bits per heavy atom. The molecule has 0 bridgehead atoms. The van der Waals surface area contributed by atoms with Crippen molar-refractivity contribution in [3.63, 3.8) is 0 Å². The van der Waals surface area contributed by atoms with Crippen molar-refractivity contribution in [2.45, 2.75) is 90.1 Å². The number of halogens is 1. The van der Waals surface area contributed by atoms with E-state index in [0.29, 0.717) is 47.6 Å². The smallest absolute Gasteiger partial charge is 0.136 e. The number of carbonyl (C=O) groups excluding carboxylic acids is 1. The second kappa shape index (κ2) is 9.09. The summed E-state index contributed by atoms with van der Waals surface area (Å²) in [7, 11) is 0. The molecule has 1 aromatic carbocycles. The number of aliphatic hydroxyl groups is 4. The molecule has 4 N–H and O–H groups in total. The van der Waals surface area contributed by atoms with E-state index in [1.807, 2.05) is 0 Å². The summed E-state index contributed by atoms with van der Waals surface area (Å²) in [5.41, 5.74) is 0.429. The third-order valence-corrected chi connectivity index (χ3v) is 11.5. The predicted octanol–water partition coefficient (Wildman–Crippen LogP) is 4.54. The van der Waals surface area contributed by atoms with Crippen molar-refractivity contribution in [2.24, 2.45) is 46.3 Å². The molecule has 6 heteroatoms. The van der Waals surface area contributed by atoms with Gasteiger partial charge < -0.3 is 20.4 Å². The van der Waals surface area contributed by atoms with Crippen LogP contribution in [0.5, 0.6) is 0 Å². The van der Waals surface area contributed by atoms with Crippen LogP contribution in [0, 0.1) is 46.3 Å². The van der Waals surface area contributed by atoms with Crippen LogP contribution in [0.15, 0.2) is 24.3 Å². The van der Waals surface area contributed by atoms with E-state index in [1.54, 1.807) is 24.3 Å². The van der Waals surface area contributed by atoms with Crippen LogP contribution in [0.1, 0.15) is 77.4 Å². The highest BCUT2D eigenvalue weighted by atomic mass is 35.5. The Labute approximate surface area is 213 Å². The molecule has 35 heavy (non-hydrogen) atoms. The third-order valence-electron chi connectivity index (χ3n) is 11.3. The fourth-order valence-electron chi connectivity index (χ4n) is 9.36. The fraction of sp³-hybridized carbons (Fsp3) is 0.759. The van der Waals surface area contributed by atoms with E-state index in [-0.39, 0.29) is 34.4 Å². The van der Waals surface area contributed by atoms with Crippen LogP contribution in [0.25, 0.3) is 0 Å². The summed E-state index contributed by atoms with van der Waals surface area (Å²) in [4.78, 5) is 13.4. The van der Waals surface area contributed by atoms with E-state index in [2.05, 4.69) is 20.8 Å². The highest BCUT2D eigenvalue weighted by molar-refractivity contribution is 6.30. The van der Waals surface area contributed by atoms with Gasteiger partial charge in [-0.2, -0.15) is 0 Å². The van der Waals surface area contributed by atoms with E-state index in [0.717, 1.165) is 25.7 Å². The Morgan fingerprint density at radius 3 is 2.31 bits per heavy atom. The van der Waals surface area contributed by atoms with Gasteiger partial charge in [0.2, 0.25) is 0 Å². The second-order valence-electron chi connectivity index (χ2n) is 12.8. The normalized spacial score (nSPS) is 45.7. The van der Waals surface area contributed by atoms with Gasteiger partial charge >= 0.3 is 0 Å². The summed E-state index contributed by atoms with van der Waals surface area (Å²) in [5, 5.41) is 43.5. The molecular weight excluding hydrogens is 464 g/mol. The number of carbonyl (C=O) groups is 1. The monoisotopic (exact) mass is 504 g/mol. The average molecular weight is 505 g/mol. The first-order chi connectivity index (χ1) is 16.5. The molecule has 5 nitrogen and oxygen atoms in total. The number of hydrogen-bond donors (Lipinski definition) is 4. The summed E-state index contributed by atoms with van der Waals surface area (Å²) in [6.07, 6.45) is 2.15. The third kappa shape index (κ3) is 4.01. The van der Waals surface area contributed by atoms with Crippen molar-refractivity contribution < 1.29 is 25.2 Å². The molecule has 4 aliphatic carbocycles. The SMILES string of the molecule is C[C@H](C(O)C(O)c1ccc(Cl)cc1)[C@H]1CC[C@H]2[C@@H]3CC(=O)[C@H]4C[C@H](O)[C@H](O)C[C@]4(C)[C@H]3CC[C@]12C. The minimum atomic E-state index is -0.965. The Balaban J connectivity index is 1.36. The highest BCUT2D eigenvalue weighted by Gasteiger charge is 2.63. The molecule has 0 aromatic heterocycles. The summed E-state index contributed by atoms with van der Waals surface area (Å²) >= 11 is 6.00. The molecule has 4 saturated carbocycles. The summed E-state index contributed by atoms with van der Waals surface area (Å²) in [5.74, 6) is 1.37. The van der Waals surface area contributed by atoms with E-state index in [1.165, 1.54) is 0 Å². The molecule has 5 rings (SSSR count). The Morgan fingerprint density at radius 2 is 1.63 bits per heavy atom. The molecule has 0 heterocycles. The molecule has 1 aromatic rings. The van der Waals surface area contributed by atoms with E-state index < -0.39 is 24.4 Å².